The minimum absolute atomic E-state index is 0.239. The zero-order valence-corrected chi connectivity index (χ0v) is 13.1. The highest BCUT2D eigenvalue weighted by Gasteiger charge is 2.31. The van der Waals surface area contributed by atoms with Crippen LogP contribution in [-0.4, -0.2) is 24.0 Å². The highest BCUT2D eigenvalue weighted by Crippen LogP contribution is 2.34. The van der Waals surface area contributed by atoms with Crippen molar-refractivity contribution < 1.29 is 0 Å². The summed E-state index contributed by atoms with van der Waals surface area (Å²) >= 11 is 0. The number of nitrogens with two attached hydrogens (primary N) is 1. The van der Waals surface area contributed by atoms with Crippen molar-refractivity contribution in [3.05, 3.63) is 48.0 Å². The standard InChI is InChI=1S/C19H26N2/c1-14(2)13-21-12-6-11-18(20)19(21)17-10-5-8-15-7-3-4-9-16(15)17/h3-5,7-10,14,18-19H,6,11-13,20H2,1-2H3. The van der Waals surface area contributed by atoms with E-state index in [1.54, 1.807) is 0 Å². The Hall–Kier alpha value is -1.38. The number of rotatable bonds is 3. The molecule has 112 valence electrons. The molecule has 1 saturated heterocycles. The van der Waals surface area contributed by atoms with Crippen LogP contribution in [0.5, 0.6) is 0 Å². The third-order valence-corrected chi connectivity index (χ3v) is 4.52. The lowest BCUT2D eigenvalue weighted by Gasteiger charge is -2.41. The monoisotopic (exact) mass is 282 g/mol. The number of fused-ring (bicyclic) bond motifs is 1. The fourth-order valence-electron chi connectivity index (χ4n) is 3.71. The molecule has 1 aliphatic heterocycles. The van der Waals surface area contributed by atoms with Crippen LogP contribution in [0.25, 0.3) is 10.8 Å². The van der Waals surface area contributed by atoms with Crippen molar-refractivity contribution in [1.82, 2.24) is 4.90 Å². The summed E-state index contributed by atoms with van der Waals surface area (Å²) < 4.78 is 0. The molecule has 2 nitrogen and oxygen atoms in total. The number of piperidine rings is 1. The van der Waals surface area contributed by atoms with E-state index in [0.717, 1.165) is 13.0 Å². The van der Waals surface area contributed by atoms with E-state index in [4.69, 9.17) is 5.73 Å². The quantitative estimate of drug-likeness (QED) is 0.923. The molecule has 0 bridgehead atoms. The topological polar surface area (TPSA) is 29.3 Å². The molecule has 2 N–H and O–H groups in total. The van der Waals surface area contributed by atoms with Crippen LogP contribution in [0, 0.1) is 5.92 Å². The molecule has 0 amide bonds. The first kappa shape index (κ1) is 14.6. The van der Waals surface area contributed by atoms with Crippen LogP contribution in [0.3, 0.4) is 0 Å². The fourth-order valence-corrected chi connectivity index (χ4v) is 3.71. The van der Waals surface area contributed by atoms with Crippen LogP contribution < -0.4 is 5.73 Å². The summed E-state index contributed by atoms with van der Waals surface area (Å²) in [7, 11) is 0. The van der Waals surface area contributed by atoms with E-state index in [1.165, 1.54) is 29.3 Å². The zero-order valence-electron chi connectivity index (χ0n) is 13.1. The van der Waals surface area contributed by atoms with Gasteiger partial charge in [-0.15, -0.1) is 0 Å². The number of hydrogen-bond donors (Lipinski definition) is 1. The second-order valence-electron chi connectivity index (χ2n) is 6.71. The molecule has 2 aromatic carbocycles. The van der Waals surface area contributed by atoms with Crippen molar-refractivity contribution in [2.24, 2.45) is 11.7 Å². The van der Waals surface area contributed by atoms with Crippen LogP contribution in [0.1, 0.15) is 38.3 Å². The van der Waals surface area contributed by atoms with Gasteiger partial charge in [0.15, 0.2) is 0 Å². The first-order valence-corrected chi connectivity index (χ1v) is 8.14. The summed E-state index contributed by atoms with van der Waals surface area (Å²) in [5, 5.41) is 2.67. The number of benzene rings is 2. The van der Waals surface area contributed by atoms with E-state index in [0.29, 0.717) is 12.0 Å². The minimum Gasteiger partial charge on any atom is -0.326 e. The first-order valence-electron chi connectivity index (χ1n) is 8.14. The Morgan fingerprint density at radius 2 is 1.90 bits per heavy atom. The predicted octanol–water partition coefficient (Wildman–Crippen LogP) is 3.96. The van der Waals surface area contributed by atoms with Gasteiger partial charge in [0, 0.05) is 12.6 Å². The molecule has 1 heterocycles. The van der Waals surface area contributed by atoms with Crippen LogP contribution in [0.4, 0.5) is 0 Å². The Morgan fingerprint density at radius 3 is 2.71 bits per heavy atom. The normalized spacial score (nSPS) is 23.8. The molecule has 0 saturated carbocycles. The van der Waals surface area contributed by atoms with Crippen molar-refractivity contribution in [2.75, 3.05) is 13.1 Å². The second kappa shape index (κ2) is 6.17. The van der Waals surface area contributed by atoms with Gasteiger partial charge in [-0.1, -0.05) is 56.3 Å². The lowest BCUT2D eigenvalue weighted by Crippen LogP contribution is -2.47. The summed E-state index contributed by atoms with van der Waals surface area (Å²) in [6, 6.07) is 15.9. The van der Waals surface area contributed by atoms with Gasteiger partial charge in [0.25, 0.3) is 0 Å². The highest BCUT2D eigenvalue weighted by molar-refractivity contribution is 5.86. The third kappa shape index (κ3) is 2.97. The van der Waals surface area contributed by atoms with Gasteiger partial charge in [-0.3, -0.25) is 4.90 Å². The lowest BCUT2D eigenvalue weighted by molar-refractivity contribution is 0.115. The van der Waals surface area contributed by atoms with Gasteiger partial charge in [-0.25, -0.2) is 0 Å². The molecular formula is C19H26N2. The summed E-state index contributed by atoms with van der Waals surface area (Å²) in [4.78, 5) is 2.60. The molecule has 1 aliphatic rings. The van der Waals surface area contributed by atoms with Gasteiger partial charge >= 0.3 is 0 Å². The molecule has 0 aliphatic carbocycles. The Morgan fingerprint density at radius 1 is 1.14 bits per heavy atom. The lowest BCUT2D eigenvalue weighted by atomic mass is 9.87. The van der Waals surface area contributed by atoms with Gasteiger partial charge in [-0.2, -0.15) is 0 Å². The molecule has 0 spiro atoms. The number of likely N-dealkylation sites (tertiary alicyclic amines) is 1. The maximum absolute atomic E-state index is 6.53. The van der Waals surface area contributed by atoms with Crippen molar-refractivity contribution in [3.63, 3.8) is 0 Å². The number of hydrogen-bond acceptors (Lipinski definition) is 2. The molecule has 2 aromatic rings. The molecule has 0 aromatic heterocycles. The van der Waals surface area contributed by atoms with Crippen molar-refractivity contribution >= 4 is 10.8 Å². The van der Waals surface area contributed by atoms with Crippen LogP contribution >= 0.6 is 0 Å². The molecule has 2 atom stereocenters. The van der Waals surface area contributed by atoms with E-state index in [2.05, 4.69) is 61.2 Å². The van der Waals surface area contributed by atoms with E-state index in [9.17, 15) is 0 Å². The fraction of sp³-hybridized carbons (Fsp3) is 0.474. The molecule has 21 heavy (non-hydrogen) atoms. The molecule has 1 fully saturated rings. The summed E-state index contributed by atoms with van der Waals surface area (Å²) in [6.07, 6.45) is 2.34. The van der Waals surface area contributed by atoms with E-state index in [1.807, 2.05) is 0 Å². The first-order chi connectivity index (χ1) is 10.2. The predicted molar refractivity (Wildman–Crippen MR) is 90.3 cm³/mol. The van der Waals surface area contributed by atoms with Gasteiger partial charge in [-0.05, 0) is 41.6 Å². The van der Waals surface area contributed by atoms with E-state index < -0.39 is 0 Å². The van der Waals surface area contributed by atoms with Crippen LogP contribution in [0.2, 0.25) is 0 Å². The van der Waals surface area contributed by atoms with Gasteiger partial charge in [0.2, 0.25) is 0 Å². The van der Waals surface area contributed by atoms with E-state index in [-0.39, 0.29) is 6.04 Å². The van der Waals surface area contributed by atoms with Crippen molar-refractivity contribution in [3.8, 4) is 0 Å². The van der Waals surface area contributed by atoms with Crippen LogP contribution in [-0.2, 0) is 0 Å². The maximum atomic E-state index is 6.53. The van der Waals surface area contributed by atoms with Gasteiger partial charge < -0.3 is 5.73 Å². The summed E-state index contributed by atoms with van der Waals surface area (Å²) in [5.74, 6) is 0.674. The van der Waals surface area contributed by atoms with Crippen molar-refractivity contribution in [1.29, 1.82) is 0 Å². The molecule has 2 unspecified atom stereocenters. The van der Waals surface area contributed by atoms with Crippen molar-refractivity contribution in [2.45, 2.75) is 38.8 Å². The molecule has 3 rings (SSSR count). The summed E-state index contributed by atoms with van der Waals surface area (Å²) in [5.41, 5.74) is 7.93. The zero-order chi connectivity index (χ0) is 14.8. The SMILES string of the molecule is CC(C)CN1CCCC(N)C1c1cccc2ccccc12. The minimum atomic E-state index is 0.239. The molecule has 0 radical (unpaired) electrons. The third-order valence-electron chi connectivity index (χ3n) is 4.52. The Labute approximate surface area is 127 Å². The average Bonchev–Trinajstić information content (AvgIpc) is 2.47. The van der Waals surface area contributed by atoms with Gasteiger partial charge in [0.05, 0.1) is 6.04 Å². The second-order valence-corrected chi connectivity index (χ2v) is 6.71. The van der Waals surface area contributed by atoms with E-state index >= 15 is 0 Å². The number of nitrogens with zero attached hydrogens (tertiary/aromatic N) is 1. The Bertz CT molecular complexity index is 600. The van der Waals surface area contributed by atoms with Crippen LogP contribution in [0.15, 0.2) is 42.5 Å². The highest BCUT2D eigenvalue weighted by atomic mass is 15.2. The molecular weight excluding hydrogens is 256 g/mol. The molecule has 2 heteroatoms. The maximum Gasteiger partial charge on any atom is 0.0505 e. The summed E-state index contributed by atoms with van der Waals surface area (Å²) in [6.45, 7) is 6.88. The Balaban J connectivity index is 2.04. The smallest absolute Gasteiger partial charge is 0.0505 e. The largest absolute Gasteiger partial charge is 0.326 e. The average molecular weight is 282 g/mol. The van der Waals surface area contributed by atoms with Gasteiger partial charge in [0.1, 0.15) is 0 Å². The Kier molecular flexibility index (Phi) is 4.27.